The lowest BCUT2D eigenvalue weighted by molar-refractivity contribution is -0.114. The highest BCUT2D eigenvalue weighted by atomic mass is 16.5. The maximum atomic E-state index is 11.1. The van der Waals surface area contributed by atoms with Crippen molar-refractivity contribution in [3.63, 3.8) is 0 Å². The Kier molecular flexibility index (Phi) is 3.84. The largest absolute Gasteiger partial charge is 0.440 e. The highest BCUT2D eigenvalue weighted by Crippen LogP contribution is 2.42. The van der Waals surface area contributed by atoms with E-state index in [0.717, 1.165) is 11.1 Å². The van der Waals surface area contributed by atoms with E-state index in [1.165, 1.54) is 6.92 Å². The van der Waals surface area contributed by atoms with Crippen molar-refractivity contribution >= 4 is 17.3 Å². The highest BCUT2D eigenvalue weighted by molar-refractivity contribution is 5.88. The number of anilines is 2. The molecule has 0 radical (unpaired) electrons. The number of hydrogen-bond acceptors (Lipinski definition) is 5. The standard InChI is InChI=1S/C18H16N4O2/c1-10(23)22-13-5-2-11(3-6-13)17-14-7-4-12(20)8-16(14)24-18(21)15(17)9-19/h2-8,17H,20-21H2,1H3,(H,22,23). The Morgan fingerprint density at radius 3 is 2.54 bits per heavy atom. The van der Waals surface area contributed by atoms with Crippen LogP contribution in [0.4, 0.5) is 11.4 Å². The zero-order chi connectivity index (χ0) is 17.3. The van der Waals surface area contributed by atoms with Gasteiger partial charge in [0.2, 0.25) is 11.8 Å². The van der Waals surface area contributed by atoms with Gasteiger partial charge in [-0.1, -0.05) is 18.2 Å². The van der Waals surface area contributed by atoms with Crippen molar-refractivity contribution in [2.75, 3.05) is 11.1 Å². The van der Waals surface area contributed by atoms with Crippen LogP contribution in [0, 0.1) is 11.3 Å². The van der Waals surface area contributed by atoms with Crippen LogP contribution in [0.3, 0.4) is 0 Å². The lowest BCUT2D eigenvalue weighted by Crippen LogP contribution is -2.21. The van der Waals surface area contributed by atoms with E-state index in [-0.39, 0.29) is 17.7 Å². The molecule has 0 saturated heterocycles. The van der Waals surface area contributed by atoms with Crippen LogP contribution in [0.25, 0.3) is 0 Å². The molecule has 0 bridgehead atoms. The van der Waals surface area contributed by atoms with Gasteiger partial charge in [0.05, 0.1) is 5.92 Å². The minimum Gasteiger partial charge on any atom is -0.440 e. The third kappa shape index (κ3) is 2.75. The second-order valence-electron chi connectivity index (χ2n) is 5.53. The minimum atomic E-state index is -0.342. The van der Waals surface area contributed by atoms with E-state index in [1.54, 1.807) is 24.3 Å². The van der Waals surface area contributed by atoms with Crippen LogP contribution >= 0.6 is 0 Å². The van der Waals surface area contributed by atoms with Crippen molar-refractivity contribution in [1.29, 1.82) is 5.26 Å². The Balaban J connectivity index is 2.08. The van der Waals surface area contributed by atoms with E-state index in [4.69, 9.17) is 16.2 Å². The first kappa shape index (κ1) is 15.4. The number of nitrogens with zero attached hydrogens (tertiary/aromatic N) is 1. The van der Waals surface area contributed by atoms with Crippen molar-refractivity contribution in [2.45, 2.75) is 12.8 Å². The number of nitrogen functional groups attached to an aromatic ring is 1. The third-order valence-electron chi connectivity index (χ3n) is 3.81. The van der Waals surface area contributed by atoms with Gasteiger partial charge in [0.1, 0.15) is 17.4 Å². The fourth-order valence-electron chi connectivity index (χ4n) is 2.78. The first-order chi connectivity index (χ1) is 11.5. The first-order valence-electron chi connectivity index (χ1n) is 7.34. The molecule has 1 amide bonds. The minimum absolute atomic E-state index is 0.0755. The summed E-state index contributed by atoms with van der Waals surface area (Å²) in [6.45, 7) is 1.45. The third-order valence-corrected chi connectivity index (χ3v) is 3.81. The molecule has 1 heterocycles. The number of amides is 1. The van der Waals surface area contributed by atoms with Gasteiger partial charge in [-0.25, -0.2) is 0 Å². The number of nitrogens with two attached hydrogens (primary N) is 2. The summed E-state index contributed by atoms with van der Waals surface area (Å²) in [7, 11) is 0. The van der Waals surface area contributed by atoms with Crippen LogP contribution in [-0.4, -0.2) is 5.91 Å². The van der Waals surface area contributed by atoms with Gasteiger partial charge in [-0.05, 0) is 23.8 Å². The normalized spacial score (nSPS) is 15.9. The zero-order valence-electron chi connectivity index (χ0n) is 13.0. The summed E-state index contributed by atoms with van der Waals surface area (Å²) in [4.78, 5) is 11.1. The number of carbonyl (C=O) groups is 1. The molecule has 0 fully saturated rings. The Bertz CT molecular complexity index is 879. The second-order valence-corrected chi connectivity index (χ2v) is 5.53. The lowest BCUT2D eigenvalue weighted by Gasteiger charge is -2.26. The zero-order valence-corrected chi connectivity index (χ0v) is 13.0. The molecule has 3 rings (SSSR count). The van der Waals surface area contributed by atoms with Gasteiger partial charge in [0.25, 0.3) is 0 Å². The van der Waals surface area contributed by atoms with Gasteiger partial charge in [-0.3, -0.25) is 4.79 Å². The average Bonchev–Trinajstić information content (AvgIpc) is 2.53. The highest BCUT2D eigenvalue weighted by Gasteiger charge is 2.30. The van der Waals surface area contributed by atoms with Gasteiger partial charge >= 0.3 is 0 Å². The summed E-state index contributed by atoms with van der Waals surface area (Å²) in [6.07, 6.45) is 0. The van der Waals surface area contributed by atoms with E-state index in [9.17, 15) is 10.1 Å². The van der Waals surface area contributed by atoms with Crippen LogP contribution in [0.1, 0.15) is 24.0 Å². The number of nitriles is 1. The molecule has 1 unspecified atom stereocenters. The number of nitrogens with one attached hydrogen (secondary N) is 1. The first-order valence-corrected chi connectivity index (χ1v) is 7.34. The molecule has 6 nitrogen and oxygen atoms in total. The maximum Gasteiger partial charge on any atom is 0.221 e. The number of fused-ring (bicyclic) bond motifs is 1. The van der Waals surface area contributed by atoms with Crippen LogP contribution in [-0.2, 0) is 4.79 Å². The molecule has 1 aliphatic heterocycles. The number of rotatable bonds is 2. The smallest absolute Gasteiger partial charge is 0.221 e. The molecule has 0 aromatic heterocycles. The van der Waals surface area contributed by atoms with E-state index in [2.05, 4.69) is 11.4 Å². The molecule has 6 heteroatoms. The molecule has 1 aliphatic rings. The predicted molar refractivity (Wildman–Crippen MR) is 90.9 cm³/mol. The molecule has 0 saturated carbocycles. The summed E-state index contributed by atoms with van der Waals surface area (Å²) in [5, 5.41) is 12.2. The topological polar surface area (TPSA) is 114 Å². The summed E-state index contributed by atoms with van der Waals surface area (Å²) in [5.74, 6) is 0.135. The molecule has 0 spiro atoms. The molecule has 120 valence electrons. The molecule has 24 heavy (non-hydrogen) atoms. The summed E-state index contributed by atoms with van der Waals surface area (Å²) in [6, 6.07) is 14.7. The fourth-order valence-corrected chi connectivity index (χ4v) is 2.78. The molecule has 2 aromatic carbocycles. The van der Waals surface area contributed by atoms with E-state index in [1.807, 2.05) is 18.2 Å². The van der Waals surface area contributed by atoms with Crippen LogP contribution in [0.5, 0.6) is 5.75 Å². The SMILES string of the molecule is CC(=O)Nc1ccc(C2C(C#N)=C(N)Oc3cc(N)ccc32)cc1. The van der Waals surface area contributed by atoms with Gasteiger partial charge in [0.15, 0.2) is 0 Å². The second kappa shape index (κ2) is 5.97. The predicted octanol–water partition coefficient (Wildman–Crippen LogP) is 2.45. The Labute approximate surface area is 139 Å². The van der Waals surface area contributed by atoms with Crippen molar-refractivity contribution < 1.29 is 9.53 Å². The molecular weight excluding hydrogens is 304 g/mol. The maximum absolute atomic E-state index is 11.1. The quantitative estimate of drug-likeness (QED) is 0.735. The molecule has 0 aliphatic carbocycles. The lowest BCUT2D eigenvalue weighted by atomic mass is 9.83. The molecule has 2 aromatic rings. The van der Waals surface area contributed by atoms with E-state index < -0.39 is 0 Å². The van der Waals surface area contributed by atoms with Gasteiger partial charge < -0.3 is 21.5 Å². The number of allylic oxidation sites excluding steroid dienone is 1. The summed E-state index contributed by atoms with van der Waals surface area (Å²) >= 11 is 0. The molecule has 5 N–H and O–H groups in total. The average molecular weight is 320 g/mol. The monoisotopic (exact) mass is 320 g/mol. The molecular formula is C18H16N4O2. The summed E-state index contributed by atoms with van der Waals surface area (Å²) < 4.78 is 5.54. The van der Waals surface area contributed by atoms with Crippen LogP contribution in [0.15, 0.2) is 53.9 Å². The molecule has 1 atom stereocenters. The number of benzene rings is 2. The number of hydrogen-bond donors (Lipinski definition) is 3. The van der Waals surface area contributed by atoms with Gasteiger partial charge in [-0.2, -0.15) is 5.26 Å². The fraction of sp³-hybridized carbons (Fsp3) is 0.111. The van der Waals surface area contributed by atoms with E-state index in [0.29, 0.717) is 22.7 Å². The number of carbonyl (C=O) groups excluding carboxylic acids is 1. The van der Waals surface area contributed by atoms with E-state index >= 15 is 0 Å². The Hall–Kier alpha value is -3.46. The van der Waals surface area contributed by atoms with Crippen molar-refractivity contribution in [2.24, 2.45) is 5.73 Å². The van der Waals surface area contributed by atoms with Gasteiger partial charge in [0, 0.05) is 29.9 Å². The van der Waals surface area contributed by atoms with Crippen molar-refractivity contribution in [3.05, 3.63) is 65.0 Å². The van der Waals surface area contributed by atoms with Crippen LogP contribution < -0.4 is 21.5 Å². The Morgan fingerprint density at radius 1 is 1.21 bits per heavy atom. The number of ether oxygens (including phenoxy) is 1. The summed E-state index contributed by atoms with van der Waals surface area (Å²) in [5.41, 5.74) is 15.0. The van der Waals surface area contributed by atoms with Crippen molar-refractivity contribution in [3.8, 4) is 11.8 Å². The Morgan fingerprint density at radius 2 is 1.92 bits per heavy atom. The van der Waals surface area contributed by atoms with Gasteiger partial charge in [-0.15, -0.1) is 0 Å². The van der Waals surface area contributed by atoms with Crippen LogP contribution in [0.2, 0.25) is 0 Å². The van der Waals surface area contributed by atoms with Crippen molar-refractivity contribution in [1.82, 2.24) is 0 Å².